The molecular weight excluding hydrogens is 163 g/mol. The van der Waals surface area contributed by atoms with Crippen molar-refractivity contribution in [2.24, 2.45) is 0 Å². The van der Waals surface area contributed by atoms with Gasteiger partial charge in [-0.3, -0.25) is 0 Å². The molecule has 2 rings (SSSR count). The molecule has 1 aliphatic rings. The van der Waals surface area contributed by atoms with Crippen LogP contribution in [0.3, 0.4) is 0 Å². The quantitative estimate of drug-likeness (QED) is 0.613. The first-order valence-electron chi connectivity index (χ1n) is 5.03. The Bertz CT molecular complexity index is 298. The Kier molecular flexibility index (Phi) is 2.34. The maximum absolute atomic E-state index is 13.4. The van der Waals surface area contributed by atoms with Crippen molar-refractivity contribution in [3.05, 3.63) is 35.1 Å². The third-order valence-corrected chi connectivity index (χ3v) is 2.95. The lowest BCUT2D eigenvalue weighted by atomic mass is 9.96. The standard InChI is InChI=1S/C12H15F/c1-9-6-7-12(13)11(8-9)10-4-2-3-5-10/h6-8,10H,2-5H2,1H3. The van der Waals surface area contributed by atoms with Crippen LogP contribution < -0.4 is 0 Å². The lowest BCUT2D eigenvalue weighted by Gasteiger charge is -2.11. The van der Waals surface area contributed by atoms with Crippen LogP contribution >= 0.6 is 0 Å². The zero-order valence-corrected chi connectivity index (χ0v) is 8.02. The van der Waals surface area contributed by atoms with Gasteiger partial charge < -0.3 is 0 Å². The number of rotatable bonds is 1. The largest absolute Gasteiger partial charge is 0.207 e. The molecule has 1 aromatic carbocycles. The summed E-state index contributed by atoms with van der Waals surface area (Å²) in [4.78, 5) is 0. The van der Waals surface area contributed by atoms with Crippen molar-refractivity contribution in [2.45, 2.75) is 38.5 Å². The second kappa shape index (κ2) is 3.49. The van der Waals surface area contributed by atoms with Crippen LogP contribution in [0.1, 0.15) is 42.7 Å². The van der Waals surface area contributed by atoms with E-state index in [4.69, 9.17) is 0 Å². The molecule has 1 aliphatic carbocycles. The van der Waals surface area contributed by atoms with Crippen molar-refractivity contribution in [3.63, 3.8) is 0 Å². The van der Waals surface area contributed by atoms with Crippen LogP contribution in [0.25, 0.3) is 0 Å². The highest BCUT2D eigenvalue weighted by molar-refractivity contribution is 5.27. The van der Waals surface area contributed by atoms with E-state index in [1.165, 1.54) is 31.2 Å². The molecule has 13 heavy (non-hydrogen) atoms. The molecular formula is C12H15F. The minimum atomic E-state index is -0.0162. The van der Waals surface area contributed by atoms with Gasteiger partial charge in [-0.15, -0.1) is 0 Å². The van der Waals surface area contributed by atoms with E-state index in [1.54, 1.807) is 6.07 Å². The number of hydrogen-bond acceptors (Lipinski definition) is 0. The molecule has 0 bridgehead atoms. The summed E-state index contributed by atoms with van der Waals surface area (Å²) >= 11 is 0. The predicted octanol–water partition coefficient (Wildman–Crippen LogP) is 3.79. The summed E-state index contributed by atoms with van der Waals surface area (Å²) in [6.07, 6.45) is 4.86. The number of hydrogen-bond donors (Lipinski definition) is 0. The third-order valence-electron chi connectivity index (χ3n) is 2.95. The average molecular weight is 178 g/mol. The van der Waals surface area contributed by atoms with Crippen molar-refractivity contribution < 1.29 is 4.39 Å². The molecule has 0 nitrogen and oxygen atoms in total. The summed E-state index contributed by atoms with van der Waals surface area (Å²) in [6.45, 7) is 2.03. The van der Waals surface area contributed by atoms with Crippen LogP contribution in [0.4, 0.5) is 4.39 Å². The molecule has 0 radical (unpaired) electrons. The van der Waals surface area contributed by atoms with Gasteiger partial charge in [0.2, 0.25) is 0 Å². The fraction of sp³-hybridized carbons (Fsp3) is 0.500. The van der Waals surface area contributed by atoms with Gasteiger partial charge >= 0.3 is 0 Å². The van der Waals surface area contributed by atoms with Crippen molar-refractivity contribution in [1.82, 2.24) is 0 Å². The maximum atomic E-state index is 13.4. The summed E-state index contributed by atoms with van der Waals surface area (Å²) in [6, 6.07) is 5.45. The Labute approximate surface area is 78.8 Å². The van der Waals surface area contributed by atoms with E-state index in [-0.39, 0.29) is 5.82 Å². The summed E-state index contributed by atoms with van der Waals surface area (Å²) in [5, 5.41) is 0. The maximum Gasteiger partial charge on any atom is 0.126 e. The Morgan fingerprint density at radius 1 is 1.23 bits per heavy atom. The van der Waals surface area contributed by atoms with Crippen LogP contribution in [0.2, 0.25) is 0 Å². The zero-order chi connectivity index (χ0) is 9.26. The number of benzene rings is 1. The van der Waals surface area contributed by atoms with Gasteiger partial charge in [0.25, 0.3) is 0 Å². The first-order valence-corrected chi connectivity index (χ1v) is 5.03. The normalized spacial score (nSPS) is 18.0. The van der Waals surface area contributed by atoms with E-state index in [9.17, 15) is 4.39 Å². The highest BCUT2D eigenvalue weighted by Crippen LogP contribution is 2.35. The van der Waals surface area contributed by atoms with Crippen LogP contribution in [0.15, 0.2) is 18.2 Å². The van der Waals surface area contributed by atoms with E-state index >= 15 is 0 Å². The van der Waals surface area contributed by atoms with Gasteiger partial charge in [0.15, 0.2) is 0 Å². The summed E-state index contributed by atoms with van der Waals surface area (Å²) in [7, 11) is 0. The van der Waals surface area contributed by atoms with E-state index < -0.39 is 0 Å². The van der Waals surface area contributed by atoms with Crippen molar-refractivity contribution in [1.29, 1.82) is 0 Å². The minimum Gasteiger partial charge on any atom is -0.207 e. The first kappa shape index (κ1) is 8.74. The Morgan fingerprint density at radius 2 is 1.92 bits per heavy atom. The first-order chi connectivity index (χ1) is 6.27. The van der Waals surface area contributed by atoms with Gasteiger partial charge in [-0.05, 0) is 37.3 Å². The van der Waals surface area contributed by atoms with Crippen molar-refractivity contribution >= 4 is 0 Å². The lowest BCUT2D eigenvalue weighted by Crippen LogP contribution is -1.96. The van der Waals surface area contributed by atoms with E-state index in [0.29, 0.717) is 5.92 Å². The van der Waals surface area contributed by atoms with E-state index in [1.807, 2.05) is 19.1 Å². The molecule has 0 amide bonds. The summed E-state index contributed by atoms with van der Waals surface area (Å²) in [5.41, 5.74) is 2.11. The minimum absolute atomic E-state index is 0.0162. The number of halogens is 1. The van der Waals surface area contributed by atoms with Gasteiger partial charge in [-0.25, -0.2) is 4.39 Å². The second-order valence-corrected chi connectivity index (χ2v) is 4.01. The Balaban J connectivity index is 2.32. The second-order valence-electron chi connectivity index (χ2n) is 4.01. The molecule has 70 valence electrons. The van der Waals surface area contributed by atoms with E-state index in [2.05, 4.69) is 0 Å². The topological polar surface area (TPSA) is 0 Å². The molecule has 0 atom stereocenters. The van der Waals surface area contributed by atoms with Gasteiger partial charge in [-0.2, -0.15) is 0 Å². The molecule has 1 aromatic rings. The van der Waals surface area contributed by atoms with Gasteiger partial charge in [0.1, 0.15) is 5.82 Å². The number of aryl methyl sites for hydroxylation is 1. The van der Waals surface area contributed by atoms with Crippen LogP contribution in [0, 0.1) is 12.7 Å². The van der Waals surface area contributed by atoms with Gasteiger partial charge in [0, 0.05) is 0 Å². The highest BCUT2D eigenvalue weighted by atomic mass is 19.1. The fourth-order valence-corrected chi connectivity index (χ4v) is 2.21. The molecule has 0 saturated heterocycles. The van der Waals surface area contributed by atoms with Crippen LogP contribution in [0.5, 0.6) is 0 Å². The van der Waals surface area contributed by atoms with Crippen molar-refractivity contribution in [2.75, 3.05) is 0 Å². The SMILES string of the molecule is Cc1ccc(F)c(C2CCCC2)c1. The van der Waals surface area contributed by atoms with Gasteiger partial charge in [0.05, 0.1) is 0 Å². The average Bonchev–Trinajstić information content (AvgIpc) is 2.61. The van der Waals surface area contributed by atoms with Crippen LogP contribution in [-0.4, -0.2) is 0 Å². The summed E-state index contributed by atoms with van der Waals surface area (Å²) in [5.74, 6) is 0.470. The molecule has 1 fully saturated rings. The molecule has 0 N–H and O–H groups in total. The third kappa shape index (κ3) is 1.74. The van der Waals surface area contributed by atoms with Crippen LogP contribution in [-0.2, 0) is 0 Å². The summed E-state index contributed by atoms with van der Waals surface area (Å²) < 4.78 is 13.4. The molecule has 0 unspecified atom stereocenters. The molecule has 1 heteroatoms. The fourth-order valence-electron chi connectivity index (χ4n) is 2.21. The smallest absolute Gasteiger partial charge is 0.126 e. The zero-order valence-electron chi connectivity index (χ0n) is 8.02. The Morgan fingerprint density at radius 3 is 2.62 bits per heavy atom. The monoisotopic (exact) mass is 178 g/mol. The molecule has 0 aliphatic heterocycles. The Hall–Kier alpha value is -0.850. The lowest BCUT2D eigenvalue weighted by molar-refractivity contribution is 0.579. The van der Waals surface area contributed by atoms with E-state index in [0.717, 1.165) is 5.56 Å². The highest BCUT2D eigenvalue weighted by Gasteiger charge is 2.19. The predicted molar refractivity (Wildman–Crippen MR) is 52.3 cm³/mol. The molecule has 0 aromatic heterocycles. The van der Waals surface area contributed by atoms with Gasteiger partial charge in [-0.1, -0.05) is 30.5 Å². The molecule has 1 saturated carbocycles. The molecule has 0 heterocycles. The van der Waals surface area contributed by atoms with Crippen molar-refractivity contribution in [3.8, 4) is 0 Å². The molecule has 0 spiro atoms.